The minimum atomic E-state index is -0.757. The number of hydrogen-bond donors (Lipinski definition) is 1. The van der Waals surface area contributed by atoms with Crippen LogP contribution in [-0.4, -0.2) is 85.8 Å². The summed E-state index contributed by atoms with van der Waals surface area (Å²) in [5.41, 5.74) is 1.15. The molecule has 0 bridgehead atoms. The number of aliphatic hydroxyl groups excluding tert-OH is 1. The Balaban J connectivity index is 1.50. The van der Waals surface area contributed by atoms with Gasteiger partial charge in [-0.1, -0.05) is 26.0 Å². The van der Waals surface area contributed by atoms with Crippen LogP contribution in [-0.2, 0) is 14.3 Å². The number of rotatable bonds is 9. The Labute approximate surface area is 228 Å². The first-order valence-electron chi connectivity index (χ1n) is 13.6. The van der Waals surface area contributed by atoms with Gasteiger partial charge in [0, 0.05) is 31.7 Å². The Bertz CT molecular complexity index is 1240. The summed E-state index contributed by atoms with van der Waals surface area (Å²) in [7, 11) is 0. The van der Waals surface area contributed by atoms with Crippen LogP contribution >= 0.6 is 0 Å². The van der Waals surface area contributed by atoms with Crippen molar-refractivity contribution in [2.75, 3.05) is 59.2 Å². The first kappa shape index (κ1) is 27.0. The van der Waals surface area contributed by atoms with Crippen LogP contribution in [0.4, 0.5) is 0 Å². The van der Waals surface area contributed by atoms with E-state index in [4.69, 9.17) is 18.9 Å². The minimum absolute atomic E-state index is 0.0537. The van der Waals surface area contributed by atoms with E-state index in [2.05, 4.69) is 18.7 Å². The van der Waals surface area contributed by atoms with Gasteiger partial charge in [0.2, 0.25) is 0 Å². The molecule has 1 atom stereocenters. The first-order valence-corrected chi connectivity index (χ1v) is 13.6. The number of ketones is 1. The number of Topliss-reactive ketones (excluding diaryl/α,β-unsaturated/α-hetero) is 1. The topological polar surface area (TPSA) is 97.8 Å². The SMILES string of the molecule is CC(C)CCOc1cccc([C@H]2/C(=C(\O)c3ccc4c(c3)OCCO4)C(=O)C(=O)N2CCN2CCOCC2)c1. The third kappa shape index (κ3) is 6.04. The van der Waals surface area contributed by atoms with Gasteiger partial charge in [-0.2, -0.15) is 0 Å². The lowest BCUT2D eigenvalue weighted by Crippen LogP contribution is -2.42. The summed E-state index contributed by atoms with van der Waals surface area (Å²) in [5.74, 6) is 0.655. The van der Waals surface area contributed by atoms with Crippen LogP contribution < -0.4 is 14.2 Å². The van der Waals surface area contributed by atoms with Crippen molar-refractivity contribution in [3.05, 3.63) is 59.2 Å². The molecule has 2 aromatic rings. The fourth-order valence-electron chi connectivity index (χ4n) is 5.06. The highest BCUT2D eigenvalue weighted by Gasteiger charge is 2.46. The molecule has 2 fully saturated rings. The highest BCUT2D eigenvalue weighted by molar-refractivity contribution is 6.46. The molecule has 0 radical (unpaired) electrons. The van der Waals surface area contributed by atoms with Crippen molar-refractivity contribution in [3.63, 3.8) is 0 Å². The lowest BCUT2D eigenvalue weighted by atomic mass is 9.95. The second-order valence-electron chi connectivity index (χ2n) is 10.4. The van der Waals surface area contributed by atoms with Crippen LogP contribution in [0, 0.1) is 5.92 Å². The Morgan fingerprint density at radius 3 is 2.54 bits per heavy atom. The maximum Gasteiger partial charge on any atom is 0.295 e. The van der Waals surface area contributed by atoms with Crippen molar-refractivity contribution in [2.45, 2.75) is 26.3 Å². The van der Waals surface area contributed by atoms with Gasteiger partial charge in [-0.05, 0) is 48.2 Å². The summed E-state index contributed by atoms with van der Waals surface area (Å²) < 4.78 is 22.7. The largest absolute Gasteiger partial charge is 0.507 e. The highest BCUT2D eigenvalue weighted by Crippen LogP contribution is 2.41. The third-order valence-corrected chi connectivity index (χ3v) is 7.25. The maximum atomic E-state index is 13.5. The number of hydrogen-bond acceptors (Lipinski definition) is 8. The van der Waals surface area contributed by atoms with Gasteiger partial charge in [-0.3, -0.25) is 14.5 Å². The molecule has 1 N–H and O–H groups in total. The molecule has 39 heavy (non-hydrogen) atoms. The standard InChI is InChI=1S/C30H36N2O7/c1-20(2)8-13-37-23-5-3-4-21(18-23)27-26(28(33)22-6-7-24-25(19-22)39-17-16-38-24)29(34)30(35)32(27)10-9-31-11-14-36-15-12-31/h3-7,18-20,27,33H,8-17H2,1-2H3/b28-26+/t27-/m0/s1. The number of carbonyl (C=O) groups is 2. The van der Waals surface area contributed by atoms with Gasteiger partial charge in [0.15, 0.2) is 11.5 Å². The zero-order chi connectivity index (χ0) is 27.4. The number of likely N-dealkylation sites (tertiary alicyclic amines) is 1. The molecule has 0 aliphatic carbocycles. The fraction of sp³-hybridized carbons (Fsp3) is 0.467. The number of amides is 1. The average Bonchev–Trinajstić information content (AvgIpc) is 3.21. The molecule has 0 saturated carbocycles. The number of morpholine rings is 1. The van der Waals surface area contributed by atoms with E-state index in [1.807, 2.05) is 24.3 Å². The average molecular weight is 537 g/mol. The maximum absolute atomic E-state index is 13.5. The van der Waals surface area contributed by atoms with Crippen molar-refractivity contribution in [1.82, 2.24) is 9.80 Å². The van der Waals surface area contributed by atoms with Gasteiger partial charge < -0.3 is 29.0 Å². The van der Waals surface area contributed by atoms with Crippen LogP contribution in [0.1, 0.15) is 37.4 Å². The Hall–Kier alpha value is -3.56. The minimum Gasteiger partial charge on any atom is -0.507 e. The molecule has 208 valence electrons. The Kier molecular flexibility index (Phi) is 8.38. The van der Waals surface area contributed by atoms with Crippen molar-refractivity contribution in [2.24, 2.45) is 5.92 Å². The van der Waals surface area contributed by atoms with Crippen LogP contribution in [0.15, 0.2) is 48.0 Å². The summed E-state index contributed by atoms with van der Waals surface area (Å²) in [6.45, 7) is 9.44. The van der Waals surface area contributed by atoms with Gasteiger partial charge in [0.1, 0.15) is 24.7 Å². The van der Waals surface area contributed by atoms with E-state index in [0.29, 0.717) is 80.4 Å². The number of fused-ring (bicyclic) bond motifs is 1. The number of benzene rings is 2. The van der Waals surface area contributed by atoms with Crippen molar-refractivity contribution < 1.29 is 33.6 Å². The number of aliphatic hydroxyl groups is 1. The lowest BCUT2D eigenvalue weighted by Gasteiger charge is -2.31. The van der Waals surface area contributed by atoms with Crippen LogP contribution in [0.5, 0.6) is 17.2 Å². The molecule has 0 aromatic heterocycles. The summed E-state index contributed by atoms with van der Waals surface area (Å²) in [6.07, 6.45) is 0.909. The van der Waals surface area contributed by atoms with Crippen molar-refractivity contribution in [1.29, 1.82) is 0 Å². The second kappa shape index (κ2) is 12.1. The molecule has 2 saturated heterocycles. The molecule has 0 unspecified atom stereocenters. The summed E-state index contributed by atoms with van der Waals surface area (Å²) in [5, 5.41) is 11.5. The molecule has 3 aliphatic heterocycles. The second-order valence-corrected chi connectivity index (χ2v) is 10.4. The summed E-state index contributed by atoms with van der Waals surface area (Å²) in [6, 6.07) is 11.7. The molecule has 5 rings (SSSR count). The Morgan fingerprint density at radius 1 is 1.00 bits per heavy atom. The molecular formula is C30H36N2O7. The summed E-state index contributed by atoms with van der Waals surface area (Å²) in [4.78, 5) is 30.6. The smallest absolute Gasteiger partial charge is 0.295 e. The molecule has 1 amide bonds. The Morgan fingerprint density at radius 2 is 1.77 bits per heavy atom. The quantitative estimate of drug-likeness (QED) is 0.295. The predicted octanol–water partition coefficient (Wildman–Crippen LogP) is 3.64. The van der Waals surface area contributed by atoms with Gasteiger partial charge in [0.05, 0.1) is 31.4 Å². The van der Waals surface area contributed by atoms with E-state index in [1.54, 1.807) is 23.1 Å². The van der Waals surface area contributed by atoms with E-state index < -0.39 is 17.7 Å². The molecule has 3 heterocycles. The fourth-order valence-corrected chi connectivity index (χ4v) is 5.06. The molecular weight excluding hydrogens is 500 g/mol. The number of nitrogens with zero attached hydrogens (tertiary/aromatic N) is 2. The zero-order valence-electron chi connectivity index (χ0n) is 22.6. The van der Waals surface area contributed by atoms with Crippen molar-refractivity contribution in [3.8, 4) is 17.2 Å². The van der Waals surface area contributed by atoms with Gasteiger partial charge >= 0.3 is 0 Å². The number of ether oxygens (including phenoxy) is 4. The summed E-state index contributed by atoms with van der Waals surface area (Å²) >= 11 is 0. The van der Waals surface area contributed by atoms with Crippen molar-refractivity contribution >= 4 is 17.4 Å². The van der Waals surface area contributed by atoms with Gasteiger partial charge in [-0.25, -0.2) is 0 Å². The van der Waals surface area contributed by atoms with E-state index in [9.17, 15) is 14.7 Å². The zero-order valence-corrected chi connectivity index (χ0v) is 22.6. The molecule has 9 nitrogen and oxygen atoms in total. The van der Waals surface area contributed by atoms with E-state index >= 15 is 0 Å². The van der Waals surface area contributed by atoms with Gasteiger partial charge in [-0.15, -0.1) is 0 Å². The predicted molar refractivity (Wildman–Crippen MR) is 145 cm³/mol. The van der Waals surface area contributed by atoms with Crippen LogP contribution in [0.3, 0.4) is 0 Å². The third-order valence-electron chi connectivity index (χ3n) is 7.25. The van der Waals surface area contributed by atoms with Gasteiger partial charge in [0.25, 0.3) is 11.7 Å². The van der Waals surface area contributed by atoms with Crippen LogP contribution in [0.25, 0.3) is 5.76 Å². The molecule has 3 aliphatic rings. The number of carbonyl (C=O) groups excluding carboxylic acids is 2. The molecule has 9 heteroatoms. The van der Waals surface area contributed by atoms with E-state index in [-0.39, 0.29) is 11.3 Å². The van der Waals surface area contributed by atoms with E-state index in [1.165, 1.54) is 0 Å². The molecule has 2 aromatic carbocycles. The normalized spacial score (nSPS) is 21.0. The lowest BCUT2D eigenvalue weighted by molar-refractivity contribution is -0.140. The first-order chi connectivity index (χ1) is 18.9. The van der Waals surface area contributed by atoms with E-state index in [0.717, 1.165) is 19.5 Å². The van der Waals surface area contributed by atoms with Crippen LogP contribution in [0.2, 0.25) is 0 Å². The molecule has 0 spiro atoms. The monoisotopic (exact) mass is 536 g/mol. The highest BCUT2D eigenvalue weighted by atomic mass is 16.6.